The number of aromatic nitrogens is 2. The standard InChI is InChI=1S/C21H12ClF2N3OS/c22-15-6-4-12(21-25-8-9-29-21)10-14(15)13-5-7-18(26-11-13)27-20(28)19-16(23)2-1-3-17(19)24/h1-11H,(H,26,27,28). The summed E-state index contributed by atoms with van der Waals surface area (Å²) in [7, 11) is 0. The third-order valence-electron chi connectivity index (χ3n) is 4.15. The summed E-state index contributed by atoms with van der Waals surface area (Å²) < 4.78 is 27.5. The van der Waals surface area contributed by atoms with Crippen LogP contribution in [0.4, 0.5) is 14.6 Å². The second-order valence-corrected chi connectivity index (χ2v) is 7.32. The zero-order valence-corrected chi connectivity index (χ0v) is 16.3. The van der Waals surface area contributed by atoms with Gasteiger partial charge in [-0.3, -0.25) is 4.79 Å². The van der Waals surface area contributed by atoms with Gasteiger partial charge in [-0.1, -0.05) is 23.7 Å². The van der Waals surface area contributed by atoms with Gasteiger partial charge < -0.3 is 5.32 Å². The fourth-order valence-electron chi connectivity index (χ4n) is 2.77. The van der Waals surface area contributed by atoms with Crippen LogP contribution in [0, 0.1) is 11.6 Å². The Morgan fingerprint density at radius 1 is 1.00 bits per heavy atom. The summed E-state index contributed by atoms with van der Waals surface area (Å²) >= 11 is 7.85. The summed E-state index contributed by atoms with van der Waals surface area (Å²) in [6.07, 6.45) is 3.26. The maximum absolute atomic E-state index is 13.7. The Labute approximate surface area is 173 Å². The van der Waals surface area contributed by atoms with Crippen LogP contribution in [0.1, 0.15) is 10.4 Å². The molecule has 0 unspecified atom stereocenters. The topological polar surface area (TPSA) is 54.9 Å². The highest BCUT2D eigenvalue weighted by atomic mass is 35.5. The van der Waals surface area contributed by atoms with Crippen LogP contribution in [-0.2, 0) is 0 Å². The van der Waals surface area contributed by atoms with Crippen molar-refractivity contribution in [2.24, 2.45) is 0 Å². The Hall–Kier alpha value is -3.16. The average molecular weight is 428 g/mol. The van der Waals surface area contributed by atoms with Gasteiger partial charge in [-0.25, -0.2) is 18.7 Å². The first-order chi connectivity index (χ1) is 14.0. The number of thiazole rings is 1. The van der Waals surface area contributed by atoms with Gasteiger partial charge in [0, 0.05) is 39.5 Å². The normalized spacial score (nSPS) is 10.7. The molecule has 29 heavy (non-hydrogen) atoms. The van der Waals surface area contributed by atoms with E-state index in [1.165, 1.54) is 23.6 Å². The number of rotatable bonds is 4. The molecule has 0 aliphatic rings. The summed E-state index contributed by atoms with van der Waals surface area (Å²) in [5.74, 6) is -2.63. The molecule has 0 aliphatic heterocycles. The van der Waals surface area contributed by atoms with Gasteiger partial charge in [-0.2, -0.15) is 0 Å². The van der Waals surface area contributed by atoms with Crippen LogP contribution >= 0.6 is 22.9 Å². The van der Waals surface area contributed by atoms with Gasteiger partial charge in [0.15, 0.2) is 0 Å². The molecule has 0 saturated heterocycles. The number of hydrogen-bond acceptors (Lipinski definition) is 4. The molecule has 2 aromatic heterocycles. The third kappa shape index (κ3) is 4.01. The Bertz CT molecular complexity index is 1160. The molecule has 0 atom stereocenters. The van der Waals surface area contributed by atoms with Gasteiger partial charge in [0.2, 0.25) is 0 Å². The number of carbonyl (C=O) groups is 1. The molecule has 2 heterocycles. The van der Waals surface area contributed by atoms with Crippen LogP contribution in [0.15, 0.2) is 66.3 Å². The number of carbonyl (C=O) groups excluding carboxylic acids is 1. The lowest BCUT2D eigenvalue weighted by Gasteiger charge is -2.09. The minimum Gasteiger partial charge on any atom is -0.306 e. The van der Waals surface area contributed by atoms with E-state index in [1.807, 2.05) is 17.5 Å². The fourth-order valence-corrected chi connectivity index (χ4v) is 3.63. The molecule has 1 N–H and O–H groups in total. The van der Waals surface area contributed by atoms with Crippen molar-refractivity contribution < 1.29 is 13.6 Å². The van der Waals surface area contributed by atoms with Gasteiger partial charge in [0.25, 0.3) is 5.91 Å². The molecule has 0 fully saturated rings. The molecule has 0 spiro atoms. The highest BCUT2D eigenvalue weighted by Crippen LogP contribution is 2.33. The number of nitrogens with zero attached hydrogens (tertiary/aromatic N) is 2. The van der Waals surface area contributed by atoms with Crippen molar-refractivity contribution in [2.75, 3.05) is 5.32 Å². The smallest absolute Gasteiger partial charge is 0.262 e. The second kappa shape index (κ2) is 8.06. The number of pyridine rings is 1. The summed E-state index contributed by atoms with van der Waals surface area (Å²) in [5, 5.41) is 5.69. The van der Waals surface area contributed by atoms with Crippen LogP contribution in [0.25, 0.3) is 21.7 Å². The van der Waals surface area contributed by atoms with E-state index in [9.17, 15) is 13.6 Å². The first kappa shape index (κ1) is 19.2. The number of benzene rings is 2. The Morgan fingerprint density at radius 3 is 2.41 bits per heavy atom. The molecule has 144 valence electrons. The summed E-state index contributed by atoms with van der Waals surface area (Å²) in [5.41, 5.74) is 1.75. The number of nitrogens with one attached hydrogen (secondary N) is 1. The molecule has 2 aromatic carbocycles. The van der Waals surface area contributed by atoms with Crippen molar-refractivity contribution in [2.45, 2.75) is 0 Å². The van der Waals surface area contributed by atoms with Crippen molar-refractivity contribution in [1.29, 1.82) is 0 Å². The minimum absolute atomic E-state index is 0.161. The number of halogens is 3. The van der Waals surface area contributed by atoms with E-state index < -0.39 is 23.1 Å². The molecule has 4 aromatic rings. The van der Waals surface area contributed by atoms with E-state index in [4.69, 9.17) is 11.6 Å². The van der Waals surface area contributed by atoms with Crippen molar-refractivity contribution in [3.05, 3.63) is 88.5 Å². The number of anilines is 1. The van der Waals surface area contributed by atoms with E-state index in [-0.39, 0.29) is 5.82 Å². The highest BCUT2D eigenvalue weighted by Gasteiger charge is 2.17. The predicted molar refractivity (Wildman–Crippen MR) is 110 cm³/mol. The zero-order chi connectivity index (χ0) is 20.4. The molecule has 4 rings (SSSR count). The van der Waals surface area contributed by atoms with Gasteiger partial charge in [-0.05, 0) is 36.4 Å². The second-order valence-electron chi connectivity index (χ2n) is 6.01. The molecule has 8 heteroatoms. The molecular weight excluding hydrogens is 416 g/mol. The van der Waals surface area contributed by atoms with Crippen molar-refractivity contribution >= 4 is 34.7 Å². The van der Waals surface area contributed by atoms with E-state index >= 15 is 0 Å². The van der Waals surface area contributed by atoms with Crippen LogP contribution in [-0.4, -0.2) is 15.9 Å². The first-order valence-electron chi connectivity index (χ1n) is 8.44. The lowest BCUT2D eigenvalue weighted by Crippen LogP contribution is -2.16. The number of hydrogen-bond donors (Lipinski definition) is 1. The Kier molecular flexibility index (Phi) is 5.33. The first-order valence-corrected chi connectivity index (χ1v) is 9.70. The maximum Gasteiger partial charge on any atom is 0.262 e. The van der Waals surface area contributed by atoms with Crippen molar-refractivity contribution in [3.8, 4) is 21.7 Å². The summed E-state index contributed by atoms with van der Waals surface area (Å²) in [6.45, 7) is 0. The maximum atomic E-state index is 13.7. The largest absolute Gasteiger partial charge is 0.306 e. The lowest BCUT2D eigenvalue weighted by atomic mass is 10.0. The molecular formula is C21H12ClF2N3OS. The third-order valence-corrected chi connectivity index (χ3v) is 5.30. The SMILES string of the molecule is O=C(Nc1ccc(-c2cc(-c3nccs3)ccc2Cl)cn1)c1c(F)cccc1F. The van der Waals surface area contributed by atoms with E-state index in [1.54, 1.807) is 24.4 Å². The molecule has 0 bridgehead atoms. The lowest BCUT2D eigenvalue weighted by molar-refractivity contribution is 0.101. The van der Waals surface area contributed by atoms with E-state index in [0.29, 0.717) is 5.02 Å². The van der Waals surface area contributed by atoms with E-state index in [2.05, 4.69) is 15.3 Å². The average Bonchev–Trinajstić information content (AvgIpc) is 3.24. The van der Waals surface area contributed by atoms with Crippen molar-refractivity contribution in [1.82, 2.24) is 9.97 Å². The highest BCUT2D eigenvalue weighted by molar-refractivity contribution is 7.13. The Morgan fingerprint density at radius 2 is 1.76 bits per heavy atom. The zero-order valence-electron chi connectivity index (χ0n) is 14.7. The summed E-state index contributed by atoms with van der Waals surface area (Å²) in [6, 6.07) is 12.1. The van der Waals surface area contributed by atoms with Crippen LogP contribution < -0.4 is 5.32 Å². The quantitative estimate of drug-likeness (QED) is 0.431. The van der Waals surface area contributed by atoms with Crippen LogP contribution in [0.2, 0.25) is 5.02 Å². The van der Waals surface area contributed by atoms with Gasteiger partial charge in [0.1, 0.15) is 28.0 Å². The summed E-state index contributed by atoms with van der Waals surface area (Å²) in [4.78, 5) is 20.6. The number of amides is 1. The van der Waals surface area contributed by atoms with Gasteiger partial charge >= 0.3 is 0 Å². The van der Waals surface area contributed by atoms with Gasteiger partial charge in [-0.15, -0.1) is 11.3 Å². The minimum atomic E-state index is -0.940. The molecule has 0 aliphatic carbocycles. The molecule has 1 amide bonds. The van der Waals surface area contributed by atoms with E-state index in [0.717, 1.165) is 33.8 Å². The predicted octanol–water partition coefficient (Wildman–Crippen LogP) is 6.06. The van der Waals surface area contributed by atoms with Crippen LogP contribution in [0.3, 0.4) is 0 Å². The monoisotopic (exact) mass is 427 g/mol. The fraction of sp³-hybridized carbons (Fsp3) is 0. The molecule has 0 radical (unpaired) electrons. The van der Waals surface area contributed by atoms with Crippen molar-refractivity contribution in [3.63, 3.8) is 0 Å². The van der Waals surface area contributed by atoms with Crippen LogP contribution in [0.5, 0.6) is 0 Å². The Balaban J connectivity index is 1.59. The molecule has 0 saturated carbocycles. The molecule has 4 nitrogen and oxygen atoms in total. The van der Waals surface area contributed by atoms with Gasteiger partial charge in [0.05, 0.1) is 0 Å².